The van der Waals surface area contributed by atoms with Crippen LogP contribution in [0.5, 0.6) is 5.75 Å². The van der Waals surface area contributed by atoms with Gasteiger partial charge in [0.1, 0.15) is 5.75 Å². The van der Waals surface area contributed by atoms with Gasteiger partial charge in [-0.25, -0.2) is 10.2 Å². The van der Waals surface area contributed by atoms with Gasteiger partial charge in [0.05, 0.1) is 7.11 Å². The average molecular weight is 308 g/mol. The standard InChI is InChI=1S/C13H14ClN5O2/c1-19(12-8-7-11(14)16-17-12)18-13(20)15-9-3-5-10(21-2)6-4-9/h3-8H,1-2H3,(H2,15,18,20). The first-order valence-corrected chi connectivity index (χ1v) is 6.41. The fourth-order valence-corrected chi connectivity index (χ4v) is 1.63. The van der Waals surface area contributed by atoms with Gasteiger partial charge >= 0.3 is 6.03 Å². The van der Waals surface area contributed by atoms with Gasteiger partial charge in [-0.05, 0) is 36.4 Å². The van der Waals surface area contributed by atoms with Crippen molar-refractivity contribution in [3.05, 3.63) is 41.6 Å². The lowest BCUT2D eigenvalue weighted by molar-refractivity contribution is 0.251. The summed E-state index contributed by atoms with van der Waals surface area (Å²) >= 11 is 5.65. The van der Waals surface area contributed by atoms with Gasteiger partial charge < -0.3 is 10.1 Å². The summed E-state index contributed by atoms with van der Waals surface area (Å²) in [4.78, 5) is 11.8. The number of rotatable bonds is 4. The first kappa shape index (κ1) is 14.9. The molecule has 0 aliphatic rings. The van der Waals surface area contributed by atoms with E-state index in [1.54, 1.807) is 50.6 Å². The SMILES string of the molecule is COc1ccc(NC(=O)NN(C)c2ccc(Cl)nn2)cc1. The summed E-state index contributed by atoms with van der Waals surface area (Å²) in [5, 5.41) is 11.9. The summed E-state index contributed by atoms with van der Waals surface area (Å²) in [6.07, 6.45) is 0. The molecule has 0 spiro atoms. The molecule has 0 aliphatic carbocycles. The molecular formula is C13H14ClN5O2. The van der Waals surface area contributed by atoms with Gasteiger partial charge in [-0.15, -0.1) is 10.2 Å². The quantitative estimate of drug-likeness (QED) is 0.847. The zero-order valence-electron chi connectivity index (χ0n) is 11.5. The van der Waals surface area contributed by atoms with E-state index >= 15 is 0 Å². The van der Waals surface area contributed by atoms with Crippen LogP contribution in [0.2, 0.25) is 5.15 Å². The van der Waals surface area contributed by atoms with E-state index < -0.39 is 6.03 Å². The van der Waals surface area contributed by atoms with Gasteiger partial charge in [-0.2, -0.15) is 0 Å². The fraction of sp³-hybridized carbons (Fsp3) is 0.154. The van der Waals surface area contributed by atoms with Crippen molar-refractivity contribution in [2.75, 3.05) is 24.5 Å². The molecule has 8 heteroatoms. The lowest BCUT2D eigenvalue weighted by Gasteiger charge is -2.18. The van der Waals surface area contributed by atoms with Gasteiger partial charge in [-0.3, -0.25) is 5.01 Å². The number of aromatic nitrogens is 2. The Morgan fingerprint density at radius 2 is 1.90 bits per heavy atom. The molecule has 2 rings (SSSR count). The number of ether oxygens (including phenoxy) is 1. The number of halogens is 1. The molecule has 7 nitrogen and oxygen atoms in total. The highest BCUT2D eigenvalue weighted by molar-refractivity contribution is 6.29. The second kappa shape index (κ2) is 6.76. The Kier molecular flexibility index (Phi) is 4.78. The number of benzene rings is 1. The number of carbonyl (C=O) groups is 1. The van der Waals surface area contributed by atoms with Crippen LogP contribution in [0, 0.1) is 0 Å². The number of carbonyl (C=O) groups excluding carboxylic acids is 1. The maximum atomic E-state index is 11.8. The van der Waals surface area contributed by atoms with Crippen LogP contribution in [0.3, 0.4) is 0 Å². The number of nitrogens with one attached hydrogen (secondary N) is 2. The van der Waals surface area contributed by atoms with Crippen LogP contribution in [0.1, 0.15) is 0 Å². The summed E-state index contributed by atoms with van der Waals surface area (Å²) in [5.41, 5.74) is 3.24. The topological polar surface area (TPSA) is 79.4 Å². The molecule has 2 amide bonds. The van der Waals surface area contributed by atoms with E-state index in [4.69, 9.17) is 16.3 Å². The van der Waals surface area contributed by atoms with Crippen molar-refractivity contribution in [1.29, 1.82) is 0 Å². The molecule has 21 heavy (non-hydrogen) atoms. The molecule has 1 aromatic heterocycles. The molecule has 110 valence electrons. The first-order valence-electron chi connectivity index (χ1n) is 6.03. The predicted octanol–water partition coefficient (Wildman–Crippen LogP) is 2.31. The van der Waals surface area contributed by atoms with E-state index in [0.717, 1.165) is 5.75 Å². The summed E-state index contributed by atoms with van der Waals surface area (Å²) in [7, 11) is 3.22. The van der Waals surface area contributed by atoms with E-state index in [-0.39, 0.29) is 5.15 Å². The summed E-state index contributed by atoms with van der Waals surface area (Å²) in [5.74, 6) is 1.18. The highest BCUT2D eigenvalue weighted by Crippen LogP contribution is 2.15. The Labute approximate surface area is 126 Å². The number of methoxy groups -OCH3 is 1. The lowest BCUT2D eigenvalue weighted by Crippen LogP contribution is -2.42. The Balaban J connectivity index is 1.92. The van der Waals surface area contributed by atoms with Gasteiger partial charge in [0.2, 0.25) is 0 Å². The van der Waals surface area contributed by atoms with E-state index in [1.807, 2.05) is 0 Å². The van der Waals surface area contributed by atoms with Crippen molar-refractivity contribution in [2.45, 2.75) is 0 Å². The summed E-state index contributed by atoms with van der Waals surface area (Å²) in [6.45, 7) is 0. The number of amides is 2. The van der Waals surface area contributed by atoms with Gasteiger partial charge in [-0.1, -0.05) is 11.6 Å². The highest BCUT2D eigenvalue weighted by Gasteiger charge is 2.08. The zero-order chi connectivity index (χ0) is 15.2. The molecule has 0 unspecified atom stereocenters. The maximum Gasteiger partial charge on any atom is 0.338 e. The molecule has 0 fully saturated rings. The van der Waals surface area contributed by atoms with Crippen molar-refractivity contribution in [3.63, 3.8) is 0 Å². The second-order valence-electron chi connectivity index (χ2n) is 4.07. The normalized spacial score (nSPS) is 9.86. The summed E-state index contributed by atoms with van der Waals surface area (Å²) < 4.78 is 5.04. The molecule has 0 saturated heterocycles. The maximum absolute atomic E-state index is 11.8. The molecule has 1 aromatic carbocycles. The predicted molar refractivity (Wildman–Crippen MR) is 80.6 cm³/mol. The minimum Gasteiger partial charge on any atom is -0.497 e. The second-order valence-corrected chi connectivity index (χ2v) is 4.45. The van der Waals surface area contributed by atoms with Crippen LogP contribution in [-0.4, -0.2) is 30.4 Å². The van der Waals surface area contributed by atoms with Crippen molar-refractivity contribution in [3.8, 4) is 5.75 Å². The van der Waals surface area contributed by atoms with Crippen LogP contribution >= 0.6 is 11.6 Å². The molecule has 0 atom stereocenters. The molecule has 1 heterocycles. The lowest BCUT2D eigenvalue weighted by atomic mass is 10.3. The van der Waals surface area contributed by atoms with Crippen LogP contribution in [0.25, 0.3) is 0 Å². The number of nitrogens with zero attached hydrogens (tertiary/aromatic N) is 3. The number of anilines is 2. The molecule has 0 saturated carbocycles. The van der Waals surface area contributed by atoms with E-state index in [9.17, 15) is 4.79 Å². The molecule has 0 radical (unpaired) electrons. The Hall–Kier alpha value is -2.54. The summed E-state index contributed by atoms with van der Waals surface area (Å²) in [6, 6.07) is 9.81. The molecule has 2 aromatic rings. The molecular weight excluding hydrogens is 294 g/mol. The minimum absolute atomic E-state index is 0.287. The number of urea groups is 1. The largest absolute Gasteiger partial charge is 0.497 e. The average Bonchev–Trinajstić information content (AvgIpc) is 2.48. The Morgan fingerprint density at radius 1 is 1.19 bits per heavy atom. The monoisotopic (exact) mass is 307 g/mol. The van der Waals surface area contributed by atoms with Gasteiger partial charge in [0, 0.05) is 12.7 Å². The van der Waals surface area contributed by atoms with E-state index in [2.05, 4.69) is 20.9 Å². The van der Waals surface area contributed by atoms with E-state index in [1.165, 1.54) is 5.01 Å². The number of hydrazine groups is 1. The van der Waals surface area contributed by atoms with Crippen molar-refractivity contribution < 1.29 is 9.53 Å². The van der Waals surface area contributed by atoms with Crippen molar-refractivity contribution >= 4 is 29.1 Å². The van der Waals surface area contributed by atoms with Crippen LogP contribution < -0.4 is 20.5 Å². The van der Waals surface area contributed by atoms with Crippen LogP contribution in [-0.2, 0) is 0 Å². The number of hydrogen-bond donors (Lipinski definition) is 2. The third-order valence-electron chi connectivity index (χ3n) is 2.58. The van der Waals surface area contributed by atoms with Crippen LogP contribution in [0.4, 0.5) is 16.3 Å². The Bertz CT molecular complexity index is 603. The fourth-order valence-electron chi connectivity index (χ4n) is 1.53. The van der Waals surface area contributed by atoms with Crippen molar-refractivity contribution in [2.24, 2.45) is 0 Å². The van der Waals surface area contributed by atoms with Crippen LogP contribution in [0.15, 0.2) is 36.4 Å². The smallest absolute Gasteiger partial charge is 0.338 e. The number of hydrogen-bond acceptors (Lipinski definition) is 5. The van der Waals surface area contributed by atoms with Gasteiger partial charge in [0.15, 0.2) is 11.0 Å². The van der Waals surface area contributed by atoms with E-state index in [0.29, 0.717) is 11.5 Å². The molecule has 0 aliphatic heterocycles. The third kappa shape index (κ3) is 4.22. The van der Waals surface area contributed by atoms with Crippen molar-refractivity contribution in [1.82, 2.24) is 15.6 Å². The minimum atomic E-state index is -0.403. The third-order valence-corrected chi connectivity index (χ3v) is 2.78. The molecule has 2 N–H and O–H groups in total. The first-order chi connectivity index (χ1) is 10.1. The molecule has 0 bridgehead atoms. The Morgan fingerprint density at radius 3 is 2.48 bits per heavy atom. The highest BCUT2D eigenvalue weighted by atomic mass is 35.5. The van der Waals surface area contributed by atoms with Gasteiger partial charge in [0.25, 0.3) is 0 Å². The zero-order valence-corrected chi connectivity index (χ0v) is 12.3.